The van der Waals surface area contributed by atoms with E-state index in [1.807, 2.05) is 0 Å². The SMILES string of the molecule is CC(=O)N1CC(CNc2nc(Nc3cnn(CCO)c3)ncc2Cl)C1. The first-order chi connectivity index (χ1) is 12.0. The number of carbonyl (C=O) groups excluding carboxylic acids is 1. The van der Waals surface area contributed by atoms with Gasteiger partial charge in [0.1, 0.15) is 5.02 Å². The van der Waals surface area contributed by atoms with Crippen molar-refractivity contribution in [3.63, 3.8) is 0 Å². The van der Waals surface area contributed by atoms with Gasteiger partial charge in [-0.2, -0.15) is 10.1 Å². The van der Waals surface area contributed by atoms with Gasteiger partial charge in [-0.25, -0.2) is 4.98 Å². The molecule has 2 aromatic rings. The van der Waals surface area contributed by atoms with Crippen molar-refractivity contribution < 1.29 is 9.90 Å². The number of aromatic nitrogens is 4. The van der Waals surface area contributed by atoms with Gasteiger partial charge in [-0.15, -0.1) is 0 Å². The van der Waals surface area contributed by atoms with Gasteiger partial charge in [0.2, 0.25) is 11.9 Å². The highest BCUT2D eigenvalue weighted by Gasteiger charge is 2.28. The highest BCUT2D eigenvalue weighted by molar-refractivity contribution is 6.32. The first kappa shape index (κ1) is 17.4. The minimum atomic E-state index is 0.0227. The van der Waals surface area contributed by atoms with E-state index in [2.05, 4.69) is 25.7 Å². The van der Waals surface area contributed by atoms with Crippen LogP contribution in [-0.4, -0.2) is 61.9 Å². The summed E-state index contributed by atoms with van der Waals surface area (Å²) < 4.78 is 1.62. The van der Waals surface area contributed by atoms with E-state index in [0.717, 1.165) is 18.8 Å². The van der Waals surface area contributed by atoms with E-state index in [-0.39, 0.29) is 12.5 Å². The van der Waals surface area contributed by atoms with Crippen LogP contribution in [0.3, 0.4) is 0 Å². The van der Waals surface area contributed by atoms with Crippen LogP contribution in [0.5, 0.6) is 0 Å². The maximum atomic E-state index is 11.2. The minimum Gasteiger partial charge on any atom is -0.394 e. The molecule has 1 saturated heterocycles. The molecule has 0 unspecified atom stereocenters. The molecule has 134 valence electrons. The zero-order valence-corrected chi connectivity index (χ0v) is 14.6. The van der Waals surface area contributed by atoms with Crippen LogP contribution >= 0.6 is 11.6 Å². The minimum absolute atomic E-state index is 0.0227. The quantitative estimate of drug-likeness (QED) is 0.670. The third-order valence-corrected chi connectivity index (χ3v) is 4.20. The monoisotopic (exact) mass is 365 g/mol. The Balaban J connectivity index is 1.57. The molecule has 25 heavy (non-hydrogen) atoms. The van der Waals surface area contributed by atoms with Crippen LogP contribution in [0, 0.1) is 5.92 Å². The number of nitrogens with zero attached hydrogens (tertiary/aromatic N) is 5. The molecule has 0 spiro atoms. The third kappa shape index (κ3) is 4.37. The topological polar surface area (TPSA) is 108 Å². The largest absolute Gasteiger partial charge is 0.394 e. The molecule has 3 heterocycles. The van der Waals surface area contributed by atoms with Crippen molar-refractivity contribution in [2.24, 2.45) is 5.92 Å². The van der Waals surface area contributed by atoms with E-state index >= 15 is 0 Å². The number of aliphatic hydroxyl groups is 1. The molecule has 2 aromatic heterocycles. The molecule has 0 bridgehead atoms. The molecular weight excluding hydrogens is 346 g/mol. The Hall–Kier alpha value is -2.39. The predicted molar refractivity (Wildman–Crippen MR) is 93.9 cm³/mol. The number of carbonyl (C=O) groups is 1. The zero-order valence-electron chi connectivity index (χ0n) is 13.8. The number of aliphatic hydroxyl groups excluding tert-OH is 1. The summed E-state index contributed by atoms with van der Waals surface area (Å²) in [7, 11) is 0. The molecule has 3 rings (SSSR count). The van der Waals surface area contributed by atoms with Crippen LogP contribution < -0.4 is 10.6 Å². The summed E-state index contributed by atoms with van der Waals surface area (Å²) >= 11 is 6.14. The summed E-state index contributed by atoms with van der Waals surface area (Å²) in [5.41, 5.74) is 0.720. The molecule has 0 radical (unpaired) electrons. The predicted octanol–water partition coefficient (Wildman–Crippen LogP) is 0.953. The average Bonchev–Trinajstić information content (AvgIpc) is 2.96. The number of hydrogen-bond acceptors (Lipinski definition) is 7. The van der Waals surface area contributed by atoms with Crippen molar-refractivity contribution >= 4 is 35.0 Å². The van der Waals surface area contributed by atoms with E-state index in [4.69, 9.17) is 16.7 Å². The molecule has 10 heteroatoms. The number of halogens is 1. The summed E-state index contributed by atoms with van der Waals surface area (Å²) in [6.45, 7) is 4.21. The lowest BCUT2D eigenvalue weighted by molar-refractivity contribution is -0.134. The molecule has 1 aliphatic rings. The van der Waals surface area contributed by atoms with Crippen LogP contribution in [0.4, 0.5) is 17.5 Å². The van der Waals surface area contributed by atoms with Gasteiger partial charge in [0.25, 0.3) is 0 Å². The second-order valence-corrected chi connectivity index (χ2v) is 6.31. The summed E-state index contributed by atoms with van der Waals surface area (Å²) in [5, 5.41) is 19.7. The molecule has 0 aliphatic carbocycles. The molecule has 3 N–H and O–H groups in total. The van der Waals surface area contributed by atoms with Gasteiger partial charge in [-0.1, -0.05) is 11.6 Å². The molecule has 0 atom stereocenters. The standard InChI is InChI=1S/C15H20ClN7O2/c1-10(25)22-7-11(8-22)4-17-14-13(16)6-18-15(21-14)20-12-5-19-23(9-12)2-3-24/h5-6,9,11,24H,2-4,7-8H2,1H3,(H2,17,18,20,21). The molecule has 1 aliphatic heterocycles. The van der Waals surface area contributed by atoms with E-state index in [0.29, 0.717) is 35.8 Å². The Bertz CT molecular complexity index is 745. The van der Waals surface area contributed by atoms with Crippen LogP contribution in [0.25, 0.3) is 0 Å². The fourth-order valence-electron chi connectivity index (χ4n) is 2.53. The van der Waals surface area contributed by atoms with Gasteiger partial charge < -0.3 is 20.6 Å². The van der Waals surface area contributed by atoms with Gasteiger partial charge in [0.15, 0.2) is 5.82 Å². The van der Waals surface area contributed by atoms with Crippen LogP contribution in [0.15, 0.2) is 18.6 Å². The summed E-state index contributed by atoms with van der Waals surface area (Å²) in [6, 6.07) is 0. The molecule has 9 nitrogen and oxygen atoms in total. The van der Waals surface area contributed by atoms with Crippen molar-refractivity contribution in [3.8, 4) is 0 Å². The molecular formula is C15H20ClN7O2. The summed E-state index contributed by atoms with van der Waals surface area (Å²) in [4.78, 5) is 21.5. The first-order valence-electron chi connectivity index (χ1n) is 7.97. The van der Waals surface area contributed by atoms with Crippen LogP contribution in [0.1, 0.15) is 6.92 Å². The van der Waals surface area contributed by atoms with Crippen molar-refractivity contribution in [1.82, 2.24) is 24.6 Å². The molecule has 0 aromatic carbocycles. The highest BCUT2D eigenvalue weighted by Crippen LogP contribution is 2.23. The van der Waals surface area contributed by atoms with Gasteiger partial charge in [0, 0.05) is 38.7 Å². The lowest BCUT2D eigenvalue weighted by Gasteiger charge is -2.38. The highest BCUT2D eigenvalue weighted by atomic mass is 35.5. The second-order valence-electron chi connectivity index (χ2n) is 5.90. The van der Waals surface area contributed by atoms with Crippen LogP contribution in [-0.2, 0) is 11.3 Å². The summed E-state index contributed by atoms with van der Waals surface area (Å²) in [5.74, 6) is 1.44. The molecule has 0 saturated carbocycles. The molecule has 1 amide bonds. The van der Waals surface area contributed by atoms with Crippen molar-refractivity contribution in [2.75, 3.05) is 36.9 Å². The lowest BCUT2D eigenvalue weighted by atomic mass is 10.0. The number of amides is 1. The first-order valence-corrected chi connectivity index (χ1v) is 8.35. The van der Waals surface area contributed by atoms with Crippen molar-refractivity contribution in [3.05, 3.63) is 23.6 Å². The van der Waals surface area contributed by atoms with Crippen molar-refractivity contribution in [1.29, 1.82) is 0 Å². The Morgan fingerprint density at radius 2 is 2.24 bits per heavy atom. The number of rotatable bonds is 7. The molecule has 1 fully saturated rings. The van der Waals surface area contributed by atoms with Crippen molar-refractivity contribution in [2.45, 2.75) is 13.5 Å². The lowest BCUT2D eigenvalue weighted by Crippen LogP contribution is -2.51. The average molecular weight is 366 g/mol. The number of likely N-dealkylation sites (tertiary alicyclic amines) is 1. The van der Waals surface area contributed by atoms with Gasteiger partial charge in [0.05, 0.1) is 31.2 Å². The Labute approximate surface area is 150 Å². The Morgan fingerprint density at radius 3 is 2.96 bits per heavy atom. The maximum absolute atomic E-state index is 11.2. The Morgan fingerprint density at radius 1 is 1.44 bits per heavy atom. The van der Waals surface area contributed by atoms with E-state index < -0.39 is 0 Å². The van der Waals surface area contributed by atoms with Gasteiger partial charge in [-0.3, -0.25) is 9.48 Å². The van der Waals surface area contributed by atoms with Gasteiger partial charge in [-0.05, 0) is 0 Å². The third-order valence-electron chi connectivity index (χ3n) is 3.92. The van der Waals surface area contributed by atoms with Gasteiger partial charge >= 0.3 is 0 Å². The van der Waals surface area contributed by atoms with E-state index in [1.165, 1.54) is 6.20 Å². The van der Waals surface area contributed by atoms with Crippen LogP contribution in [0.2, 0.25) is 5.02 Å². The zero-order chi connectivity index (χ0) is 17.8. The summed E-state index contributed by atoms with van der Waals surface area (Å²) in [6.07, 6.45) is 4.91. The normalized spacial score (nSPS) is 14.3. The van der Waals surface area contributed by atoms with E-state index in [1.54, 1.807) is 28.9 Å². The number of nitrogens with one attached hydrogen (secondary N) is 2. The van der Waals surface area contributed by atoms with E-state index in [9.17, 15) is 4.79 Å². The number of hydrogen-bond donors (Lipinski definition) is 3. The second kappa shape index (κ2) is 7.66. The smallest absolute Gasteiger partial charge is 0.229 e. The fourth-order valence-corrected chi connectivity index (χ4v) is 2.69. The maximum Gasteiger partial charge on any atom is 0.229 e. The Kier molecular flexibility index (Phi) is 5.34. The fraction of sp³-hybridized carbons (Fsp3) is 0.467. The number of anilines is 3.